The number of carboxylic acids is 1. The molecule has 0 aliphatic carbocycles. The van der Waals surface area contributed by atoms with Crippen LogP contribution in [0.5, 0.6) is 0 Å². The summed E-state index contributed by atoms with van der Waals surface area (Å²) >= 11 is 5.72. The van der Waals surface area contributed by atoms with Gasteiger partial charge in [0.1, 0.15) is 0 Å². The highest BCUT2D eigenvalue weighted by Gasteiger charge is 2.07. The average Bonchev–Trinajstić information content (AvgIpc) is 2.18. The topological polar surface area (TPSA) is 57.5 Å². The van der Waals surface area contributed by atoms with Crippen molar-refractivity contribution in [3.05, 3.63) is 34.3 Å². The molecule has 1 aromatic rings. The van der Waals surface area contributed by atoms with E-state index in [1.165, 1.54) is 18.2 Å². The van der Waals surface area contributed by atoms with Gasteiger partial charge in [0.15, 0.2) is 0 Å². The van der Waals surface area contributed by atoms with Crippen molar-refractivity contribution in [1.29, 1.82) is 0 Å². The molecule has 0 saturated carbocycles. The van der Waals surface area contributed by atoms with Gasteiger partial charge in [0, 0.05) is 17.0 Å². The highest BCUT2D eigenvalue weighted by molar-refractivity contribution is 6.30. The molecule has 1 rings (SSSR count). The summed E-state index contributed by atoms with van der Waals surface area (Å²) in [6.45, 7) is -0.0457. The van der Waals surface area contributed by atoms with Crippen molar-refractivity contribution in [1.82, 2.24) is 0 Å². The van der Waals surface area contributed by atoms with Crippen molar-refractivity contribution in [2.45, 2.75) is 6.42 Å². The maximum absolute atomic E-state index is 10.8. The van der Waals surface area contributed by atoms with Crippen LogP contribution in [0.2, 0.25) is 5.02 Å². The minimum atomic E-state index is -1.04. The summed E-state index contributed by atoms with van der Waals surface area (Å²) in [4.78, 5) is 10.8. The van der Waals surface area contributed by atoms with Gasteiger partial charge in [-0.15, -0.1) is 0 Å². The molecular formula is C11H9ClO3. The Balaban J connectivity index is 3.09. The van der Waals surface area contributed by atoms with Gasteiger partial charge in [-0.1, -0.05) is 23.4 Å². The summed E-state index contributed by atoms with van der Waals surface area (Å²) < 4.78 is 0. The normalized spacial score (nSPS) is 9.20. The van der Waals surface area contributed by atoms with Crippen LogP contribution in [0.3, 0.4) is 0 Å². The number of benzene rings is 1. The van der Waals surface area contributed by atoms with Crippen molar-refractivity contribution in [2.75, 3.05) is 6.61 Å². The molecule has 78 valence electrons. The first-order valence-corrected chi connectivity index (χ1v) is 4.65. The third-order valence-corrected chi connectivity index (χ3v) is 1.91. The maximum atomic E-state index is 10.8. The number of rotatable bonds is 2. The van der Waals surface area contributed by atoms with E-state index in [1.807, 2.05) is 0 Å². The molecule has 15 heavy (non-hydrogen) atoms. The summed E-state index contributed by atoms with van der Waals surface area (Å²) in [6.07, 6.45) is 0.311. The quantitative estimate of drug-likeness (QED) is 0.753. The minimum absolute atomic E-state index is 0.0457. The summed E-state index contributed by atoms with van der Waals surface area (Å²) in [6, 6.07) is 4.41. The van der Waals surface area contributed by atoms with E-state index < -0.39 is 5.97 Å². The van der Waals surface area contributed by atoms with Crippen molar-refractivity contribution < 1.29 is 15.0 Å². The molecule has 0 unspecified atom stereocenters. The number of carboxylic acid groups (broad SMARTS) is 1. The fraction of sp³-hybridized carbons (Fsp3) is 0.182. The lowest BCUT2D eigenvalue weighted by atomic mass is 10.1. The molecule has 4 heteroatoms. The van der Waals surface area contributed by atoms with Crippen molar-refractivity contribution in [2.24, 2.45) is 0 Å². The number of hydrogen-bond donors (Lipinski definition) is 2. The first-order valence-electron chi connectivity index (χ1n) is 4.27. The molecule has 0 amide bonds. The van der Waals surface area contributed by atoms with Gasteiger partial charge in [-0.05, 0) is 18.2 Å². The third kappa shape index (κ3) is 3.28. The molecule has 0 fully saturated rings. The molecule has 0 aliphatic heterocycles. The predicted molar refractivity (Wildman–Crippen MR) is 57.0 cm³/mol. The Hall–Kier alpha value is -1.50. The fourth-order valence-electron chi connectivity index (χ4n) is 1.02. The minimum Gasteiger partial charge on any atom is -0.478 e. The summed E-state index contributed by atoms with van der Waals surface area (Å²) in [5.41, 5.74) is 0.480. The first kappa shape index (κ1) is 11.6. The SMILES string of the molecule is O=C(O)c1ccc(Cl)cc1C#CCCO. The van der Waals surface area contributed by atoms with Crippen LogP contribution in [0, 0.1) is 11.8 Å². The van der Waals surface area contributed by atoms with Crippen molar-refractivity contribution >= 4 is 17.6 Å². The van der Waals surface area contributed by atoms with Crippen molar-refractivity contribution in [3.63, 3.8) is 0 Å². The number of hydrogen-bond acceptors (Lipinski definition) is 2. The molecule has 0 aromatic heterocycles. The molecule has 0 radical (unpaired) electrons. The van der Waals surface area contributed by atoms with Gasteiger partial charge in [-0.2, -0.15) is 0 Å². The lowest BCUT2D eigenvalue weighted by Crippen LogP contribution is -1.99. The third-order valence-electron chi connectivity index (χ3n) is 1.67. The van der Waals surface area contributed by atoms with E-state index in [4.69, 9.17) is 21.8 Å². The zero-order valence-electron chi connectivity index (χ0n) is 7.83. The van der Waals surface area contributed by atoms with Gasteiger partial charge < -0.3 is 10.2 Å². The largest absolute Gasteiger partial charge is 0.478 e. The monoisotopic (exact) mass is 224 g/mol. The highest BCUT2D eigenvalue weighted by atomic mass is 35.5. The molecule has 0 bridgehead atoms. The van der Waals surface area contributed by atoms with Gasteiger partial charge in [0.25, 0.3) is 0 Å². The van der Waals surface area contributed by atoms with Gasteiger partial charge >= 0.3 is 5.97 Å². The molecular weight excluding hydrogens is 216 g/mol. The average molecular weight is 225 g/mol. The Labute approximate surface area is 92.3 Å². The van der Waals surface area contributed by atoms with Crippen LogP contribution in [-0.2, 0) is 0 Å². The Morgan fingerprint density at radius 2 is 2.20 bits per heavy atom. The number of halogens is 1. The van der Waals surface area contributed by atoms with Gasteiger partial charge in [-0.3, -0.25) is 0 Å². The predicted octanol–water partition coefficient (Wildman–Crippen LogP) is 1.77. The zero-order valence-corrected chi connectivity index (χ0v) is 8.58. The second-order valence-electron chi connectivity index (χ2n) is 2.77. The maximum Gasteiger partial charge on any atom is 0.336 e. The smallest absolute Gasteiger partial charge is 0.336 e. The molecule has 0 spiro atoms. The van der Waals surface area contributed by atoms with Crippen LogP contribution in [0.1, 0.15) is 22.3 Å². The van der Waals surface area contributed by atoms with Gasteiger partial charge in [0.2, 0.25) is 0 Å². The summed E-state index contributed by atoms with van der Waals surface area (Å²) in [7, 11) is 0. The Morgan fingerprint density at radius 1 is 1.47 bits per heavy atom. The van der Waals surface area contributed by atoms with E-state index >= 15 is 0 Å². The van der Waals surface area contributed by atoms with Crippen LogP contribution >= 0.6 is 11.6 Å². The van der Waals surface area contributed by atoms with Crippen LogP contribution in [0.4, 0.5) is 0 Å². The van der Waals surface area contributed by atoms with E-state index in [-0.39, 0.29) is 12.2 Å². The van der Waals surface area contributed by atoms with Crippen LogP contribution in [0.15, 0.2) is 18.2 Å². The highest BCUT2D eigenvalue weighted by Crippen LogP contribution is 2.15. The van der Waals surface area contributed by atoms with E-state index in [9.17, 15) is 4.79 Å². The van der Waals surface area contributed by atoms with E-state index in [0.29, 0.717) is 17.0 Å². The van der Waals surface area contributed by atoms with Gasteiger partial charge in [0.05, 0.1) is 12.2 Å². The first-order chi connectivity index (χ1) is 7.15. The molecule has 0 heterocycles. The number of aliphatic hydroxyl groups excluding tert-OH is 1. The lowest BCUT2D eigenvalue weighted by Gasteiger charge is -1.99. The Kier molecular flexibility index (Phi) is 4.17. The molecule has 0 atom stereocenters. The number of aromatic carboxylic acids is 1. The van der Waals surface area contributed by atoms with E-state index in [2.05, 4.69) is 11.8 Å². The molecule has 2 N–H and O–H groups in total. The lowest BCUT2D eigenvalue weighted by molar-refractivity contribution is 0.0696. The summed E-state index contributed by atoms with van der Waals surface area (Å²) in [5, 5.41) is 17.8. The zero-order chi connectivity index (χ0) is 11.3. The Morgan fingerprint density at radius 3 is 2.80 bits per heavy atom. The fourth-order valence-corrected chi connectivity index (χ4v) is 1.19. The standard InChI is InChI=1S/C11H9ClO3/c12-9-4-5-10(11(14)15)8(7-9)3-1-2-6-13/h4-5,7,13H,2,6H2,(H,14,15). The second-order valence-corrected chi connectivity index (χ2v) is 3.21. The molecule has 0 saturated heterocycles. The van der Waals surface area contributed by atoms with Crippen LogP contribution in [0.25, 0.3) is 0 Å². The summed E-state index contributed by atoms with van der Waals surface area (Å²) in [5.74, 6) is 4.27. The van der Waals surface area contributed by atoms with Crippen LogP contribution < -0.4 is 0 Å². The van der Waals surface area contributed by atoms with Crippen LogP contribution in [-0.4, -0.2) is 22.8 Å². The molecule has 3 nitrogen and oxygen atoms in total. The second kappa shape index (κ2) is 5.40. The van der Waals surface area contributed by atoms with E-state index in [1.54, 1.807) is 0 Å². The van der Waals surface area contributed by atoms with Crippen molar-refractivity contribution in [3.8, 4) is 11.8 Å². The van der Waals surface area contributed by atoms with Gasteiger partial charge in [-0.25, -0.2) is 4.79 Å². The number of aliphatic hydroxyl groups is 1. The molecule has 1 aromatic carbocycles. The van der Waals surface area contributed by atoms with E-state index in [0.717, 1.165) is 0 Å². The number of carbonyl (C=O) groups is 1. The Bertz CT molecular complexity index is 429. The molecule has 0 aliphatic rings.